The Kier molecular flexibility index (Phi) is 4.32. The first-order valence-electron chi connectivity index (χ1n) is 4.21. The van der Waals surface area contributed by atoms with Crippen LogP contribution >= 0.6 is 11.8 Å². The summed E-state index contributed by atoms with van der Waals surface area (Å²) in [6.07, 6.45) is 1.39. The number of rotatable bonds is 5. The number of hydrogen-bond acceptors (Lipinski definition) is 5. The second-order valence-corrected chi connectivity index (χ2v) is 3.74. The molecular weight excluding hydrogens is 218 g/mol. The first kappa shape index (κ1) is 11.7. The van der Waals surface area contributed by atoms with Crippen LogP contribution in [0.25, 0.3) is 0 Å². The minimum atomic E-state index is -0.928. The number of aromatic nitrogens is 2. The van der Waals surface area contributed by atoms with Gasteiger partial charge < -0.3 is 15.4 Å². The summed E-state index contributed by atoms with van der Waals surface area (Å²) in [4.78, 5) is 27.9. The first-order chi connectivity index (χ1) is 7.13. The quantitative estimate of drug-likeness (QED) is 0.467. The predicted molar refractivity (Wildman–Crippen MR) is 56.1 cm³/mol. The van der Waals surface area contributed by atoms with E-state index in [0.29, 0.717) is 10.9 Å². The number of carboxylic acid groups (broad SMARTS) is 1. The topological polar surface area (TPSA) is 95.1 Å². The number of nitrogens with one attached hydrogen (secondary N) is 2. The van der Waals surface area contributed by atoms with E-state index in [1.54, 1.807) is 7.05 Å². The van der Waals surface area contributed by atoms with E-state index in [4.69, 9.17) is 5.11 Å². The molecule has 0 fully saturated rings. The molecule has 0 aliphatic rings. The van der Waals surface area contributed by atoms with Crippen LogP contribution in [0.4, 0.5) is 0 Å². The molecule has 82 valence electrons. The van der Waals surface area contributed by atoms with Gasteiger partial charge in [0, 0.05) is 18.0 Å². The van der Waals surface area contributed by atoms with E-state index in [2.05, 4.69) is 15.3 Å². The minimum Gasteiger partial charge on any atom is -0.480 e. The van der Waals surface area contributed by atoms with Crippen LogP contribution in [0.5, 0.6) is 0 Å². The molecule has 0 spiro atoms. The second kappa shape index (κ2) is 5.52. The fraction of sp³-hybridized carbons (Fsp3) is 0.375. The summed E-state index contributed by atoms with van der Waals surface area (Å²) in [5.74, 6) is -0.623. The average Bonchev–Trinajstić information content (AvgIpc) is 2.18. The molecule has 1 unspecified atom stereocenters. The molecule has 0 amide bonds. The SMILES string of the molecule is CNC(CSc1nccc(=O)[nH]1)C(=O)O. The highest BCUT2D eigenvalue weighted by Crippen LogP contribution is 2.11. The van der Waals surface area contributed by atoms with E-state index < -0.39 is 12.0 Å². The summed E-state index contributed by atoms with van der Waals surface area (Å²) in [5.41, 5.74) is -0.246. The predicted octanol–water partition coefficient (Wildman–Crippen LogP) is -0.465. The van der Waals surface area contributed by atoms with Crippen molar-refractivity contribution in [3.8, 4) is 0 Å². The van der Waals surface area contributed by atoms with Crippen LogP contribution in [-0.2, 0) is 4.79 Å². The Bertz CT molecular complexity index is 393. The zero-order chi connectivity index (χ0) is 11.3. The standard InChI is InChI=1S/C8H11N3O3S/c1-9-5(7(13)14)4-15-8-10-3-2-6(12)11-8/h2-3,5,9H,4H2,1H3,(H,13,14)(H,10,11,12). The monoisotopic (exact) mass is 229 g/mol. The summed E-state index contributed by atoms with van der Waals surface area (Å²) in [6, 6.07) is 0.650. The molecule has 0 saturated heterocycles. The third-order valence-electron chi connectivity index (χ3n) is 1.68. The lowest BCUT2D eigenvalue weighted by molar-refractivity contribution is -0.138. The Balaban J connectivity index is 2.56. The van der Waals surface area contributed by atoms with Crippen molar-refractivity contribution in [2.24, 2.45) is 0 Å². The van der Waals surface area contributed by atoms with Gasteiger partial charge in [-0.2, -0.15) is 0 Å². The summed E-state index contributed by atoms with van der Waals surface area (Å²) >= 11 is 1.19. The highest BCUT2D eigenvalue weighted by molar-refractivity contribution is 7.99. The maximum atomic E-state index is 10.9. The van der Waals surface area contributed by atoms with Gasteiger partial charge >= 0.3 is 5.97 Å². The maximum Gasteiger partial charge on any atom is 0.321 e. The van der Waals surface area contributed by atoms with Crippen LogP contribution in [0.15, 0.2) is 22.2 Å². The van der Waals surface area contributed by atoms with Gasteiger partial charge in [-0.05, 0) is 7.05 Å². The number of aliphatic carboxylic acids is 1. The highest BCUT2D eigenvalue weighted by atomic mass is 32.2. The van der Waals surface area contributed by atoms with E-state index in [9.17, 15) is 9.59 Å². The van der Waals surface area contributed by atoms with Crippen LogP contribution in [0, 0.1) is 0 Å². The van der Waals surface area contributed by atoms with Gasteiger partial charge in [0.05, 0.1) is 0 Å². The number of carbonyl (C=O) groups is 1. The van der Waals surface area contributed by atoms with Gasteiger partial charge in [0.25, 0.3) is 5.56 Å². The number of thioether (sulfide) groups is 1. The van der Waals surface area contributed by atoms with Crippen molar-refractivity contribution in [3.05, 3.63) is 22.6 Å². The molecule has 0 saturated carbocycles. The zero-order valence-electron chi connectivity index (χ0n) is 8.06. The van der Waals surface area contributed by atoms with Crippen LogP contribution in [0.3, 0.4) is 0 Å². The third kappa shape index (κ3) is 3.72. The van der Waals surface area contributed by atoms with E-state index in [1.807, 2.05) is 0 Å². The number of likely N-dealkylation sites (N-methyl/N-ethyl adjacent to an activating group) is 1. The van der Waals surface area contributed by atoms with Crippen molar-refractivity contribution in [2.45, 2.75) is 11.2 Å². The Morgan fingerprint density at radius 3 is 3.07 bits per heavy atom. The Hall–Kier alpha value is -1.34. The molecule has 1 aromatic heterocycles. The van der Waals surface area contributed by atoms with E-state index in [-0.39, 0.29) is 5.56 Å². The Morgan fingerprint density at radius 1 is 1.80 bits per heavy atom. The van der Waals surface area contributed by atoms with Crippen LogP contribution in [0.2, 0.25) is 0 Å². The van der Waals surface area contributed by atoms with Gasteiger partial charge in [-0.1, -0.05) is 11.8 Å². The molecule has 0 aromatic carbocycles. The number of hydrogen-bond donors (Lipinski definition) is 3. The lowest BCUT2D eigenvalue weighted by Gasteiger charge is -2.09. The molecular formula is C8H11N3O3S. The Labute approximate surface area is 90.1 Å². The van der Waals surface area contributed by atoms with E-state index in [0.717, 1.165) is 0 Å². The fourth-order valence-electron chi connectivity index (χ4n) is 0.866. The Morgan fingerprint density at radius 2 is 2.53 bits per heavy atom. The van der Waals surface area contributed by atoms with Crippen molar-refractivity contribution in [1.29, 1.82) is 0 Å². The smallest absolute Gasteiger partial charge is 0.321 e. The van der Waals surface area contributed by atoms with Gasteiger partial charge in [0.1, 0.15) is 6.04 Å². The number of H-pyrrole nitrogens is 1. The van der Waals surface area contributed by atoms with Crippen molar-refractivity contribution >= 4 is 17.7 Å². The lowest BCUT2D eigenvalue weighted by atomic mass is 10.3. The molecule has 3 N–H and O–H groups in total. The van der Waals surface area contributed by atoms with Crippen LogP contribution < -0.4 is 10.9 Å². The summed E-state index contributed by atoms with van der Waals surface area (Å²) in [5, 5.41) is 11.8. The molecule has 1 rings (SSSR count). The van der Waals surface area contributed by atoms with Crippen molar-refractivity contribution in [1.82, 2.24) is 15.3 Å². The summed E-state index contributed by atoms with van der Waals surface area (Å²) < 4.78 is 0. The third-order valence-corrected chi connectivity index (χ3v) is 2.66. The number of aromatic amines is 1. The lowest BCUT2D eigenvalue weighted by Crippen LogP contribution is -2.36. The maximum absolute atomic E-state index is 10.9. The number of carboxylic acids is 1. The molecule has 1 atom stereocenters. The molecule has 1 aromatic rings. The molecule has 0 aliphatic carbocycles. The summed E-state index contributed by atoms with van der Waals surface area (Å²) in [6.45, 7) is 0. The van der Waals surface area contributed by atoms with Gasteiger partial charge in [-0.3, -0.25) is 9.59 Å². The summed E-state index contributed by atoms with van der Waals surface area (Å²) in [7, 11) is 1.57. The van der Waals surface area contributed by atoms with Gasteiger partial charge in [0.2, 0.25) is 0 Å². The number of nitrogens with zero attached hydrogens (tertiary/aromatic N) is 1. The second-order valence-electron chi connectivity index (χ2n) is 2.73. The van der Waals surface area contributed by atoms with Gasteiger partial charge in [-0.25, -0.2) is 4.98 Å². The van der Waals surface area contributed by atoms with Crippen LogP contribution in [-0.4, -0.2) is 39.9 Å². The molecule has 0 aliphatic heterocycles. The van der Waals surface area contributed by atoms with Crippen molar-refractivity contribution < 1.29 is 9.90 Å². The zero-order valence-corrected chi connectivity index (χ0v) is 8.87. The van der Waals surface area contributed by atoms with Gasteiger partial charge in [-0.15, -0.1) is 0 Å². The molecule has 1 heterocycles. The normalized spacial score (nSPS) is 12.3. The molecule has 0 radical (unpaired) electrons. The highest BCUT2D eigenvalue weighted by Gasteiger charge is 2.15. The van der Waals surface area contributed by atoms with Crippen molar-refractivity contribution in [2.75, 3.05) is 12.8 Å². The first-order valence-corrected chi connectivity index (χ1v) is 5.20. The largest absolute Gasteiger partial charge is 0.480 e. The van der Waals surface area contributed by atoms with Crippen LogP contribution in [0.1, 0.15) is 0 Å². The minimum absolute atomic E-state index is 0.246. The average molecular weight is 229 g/mol. The molecule has 6 nitrogen and oxygen atoms in total. The molecule has 0 bridgehead atoms. The molecule has 15 heavy (non-hydrogen) atoms. The van der Waals surface area contributed by atoms with Crippen molar-refractivity contribution in [3.63, 3.8) is 0 Å². The van der Waals surface area contributed by atoms with Gasteiger partial charge in [0.15, 0.2) is 5.16 Å². The fourth-order valence-corrected chi connectivity index (χ4v) is 1.81. The van der Waals surface area contributed by atoms with E-state index >= 15 is 0 Å². The molecule has 7 heteroatoms. The van der Waals surface area contributed by atoms with E-state index in [1.165, 1.54) is 24.0 Å².